The molecule has 0 unspecified atom stereocenters. The quantitative estimate of drug-likeness (QED) is 0.892. The summed E-state index contributed by atoms with van der Waals surface area (Å²) in [5.74, 6) is -0.0783. The van der Waals surface area contributed by atoms with Crippen molar-refractivity contribution < 1.29 is 14.3 Å². The molecule has 1 aliphatic rings. The van der Waals surface area contributed by atoms with Crippen molar-refractivity contribution in [2.75, 3.05) is 19.8 Å². The second-order valence-electron chi connectivity index (χ2n) is 5.18. The van der Waals surface area contributed by atoms with Gasteiger partial charge in [-0.3, -0.25) is 4.79 Å². The summed E-state index contributed by atoms with van der Waals surface area (Å²) in [6.07, 6.45) is 2.29. The molecular formula is C16H19NO3S. The van der Waals surface area contributed by atoms with Crippen LogP contribution < -0.4 is 5.32 Å². The van der Waals surface area contributed by atoms with Gasteiger partial charge in [-0.2, -0.15) is 0 Å². The molecule has 5 heteroatoms. The predicted octanol–water partition coefficient (Wildman–Crippen LogP) is 2.71. The zero-order valence-corrected chi connectivity index (χ0v) is 12.7. The van der Waals surface area contributed by atoms with Crippen LogP contribution in [-0.4, -0.2) is 31.8 Å². The number of thiophene rings is 1. The number of carbonyl (C=O) groups is 1. The first kappa shape index (κ1) is 14.5. The molecule has 0 saturated carbocycles. The average Bonchev–Trinajstić information content (AvgIpc) is 3.13. The summed E-state index contributed by atoms with van der Waals surface area (Å²) in [6, 6.07) is 10.3. The van der Waals surface area contributed by atoms with Crippen molar-refractivity contribution in [2.24, 2.45) is 0 Å². The topological polar surface area (TPSA) is 47.6 Å². The number of ether oxygens (including phenoxy) is 2. The fraction of sp³-hybridized carbons (Fsp3) is 0.438. The lowest BCUT2D eigenvalue weighted by atomic mass is 10.2. The number of amides is 1. The first-order chi connectivity index (χ1) is 10.3. The number of fused-ring (bicyclic) bond motifs is 1. The highest BCUT2D eigenvalue weighted by molar-refractivity contribution is 7.19. The molecule has 2 aromatic rings. The molecule has 1 saturated heterocycles. The minimum absolute atomic E-state index is 0.0783. The summed E-state index contributed by atoms with van der Waals surface area (Å²) in [6.45, 7) is 1.98. The van der Waals surface area contributed by atoms with Crippen molar-refractivity contribution in [3.63, 3.8) is 0 Å². The van der Waals surface area contributed by atoms with Gasteiger partial charge in [0.2, 0.25) is 5.91 Å². The lowest BCUT2D eigenvalue weighted by Gasteiger charge is -2.09. The van der Waals surface area contributed by atoms with Crippen LogP contribution in [0.4, 0.5) is 0 Å². The Morgan fingerprint density at radius 1 is 1.43 bits per heavy atom. The largest absolute Gasteiger partial charge is 0.376 e. The molecule has 1 aromatic heterocycles. The molecule has 3 rings (SSSR count). The Hall–Kier alpha value is -1.43. The van der Waals surface area contributed by atoms with Gasteiger partial charge in [-0.15, -0.1) is 11.3 Å². The van der Waals surface area contributed by atoms with Crippen LogP contribution in [-0.2, 0) is 20.8 Å². The lowest BCUT2D eigenvalue weighted by Crippen LogP contribution is -2.28. The van der Waals surface area contributed by atoms with E-state index in [-0.39, 0.29) is 18.6 Å². The van der Waals surface area contributed by atoms with Gasteiger partial charge in [0.1, 0.15) is 6.61 Å². The molecule has 0 spiro atoms. The minimum Gasteiger partial charge on any atom is -0.376 e. The second kappa shape index (κ2) is 7.02. The minimum atomic E-state index is -0.0783. The van der Waals surface area contributed by atoms with E-state index >= 15 is 0 Å². The highest BCUT2D eigenvalue weighted by Crippen LogP contribution is 2.24. The number of benzene rings is 1. The Labute approximate surface area is 128 Å². The smallest absolute Gasteiger partial charge is 0.246 e. The third kappa shape index (κ3) is 4.03. The van der Waals surface area contributed by atoms with Gasteiger partial charge in [-0.1, -0.05) is 18.2 Å². The summed E-state index contributed by atoms with van der Waals surface area (Å²) in [5, 5.41) is 4.11. The molecule has 112 valence electrons. The van der Waals surface area contributed by atoms with Gasteiger partial charge in [0.05, 0.1) is 19.3 Å². The van der Waals surface area contributed by atoms with Crippen molar-refractivity contribution in [1.29, 1.82) is 0 Å². The van der Waals surface area contributed by atoms with Crippen LogP contribution in [0.25, 0.3) is 10.1 Å². The lowest BCUT2D eigenvalue weighted by molar-refractivity contribution is -0.126. The zero-order chi connectivity index (χ0) is 14.5. The monoisotopic (exact) mass is 305 g/mol. The maximum atomic E-state index is 11.7. The average molecular weight is 305 g/mol. The van der Waals surface area contributed by atoms with Gasteiger partial charge in [0.15, 0.2) is 0 Å². The number of nitrogens with one attached hydrogen (secondary N) is 1. The molecule has 0 radical (unpaired) electrons. The van der Waals surface area contributed by atoms with Crippen LogP contribution in [0.3, 0.4) is 0 Å². The molecule has 4 nitrogen and oxygen atoms in total. The SMILES string of the molecule is O=C(COC[C@H]1CCCO1)NCc1cc2ccccc2s1. The van der Waals surface area contributed by atoms with E-state index in [4.69, 9.17) is 9.47 Å². The third-order valence-corrected chi connectivity index (χ3v) is 4.61. The molecule has 1 atom stereocenters. The molecule has 1 aromatic carbocycles. The maximum Gasteiger partial charge on any atom is 0.246 e. The van der Waals surface area contributed by atoms with Gasteiger partial charge in [0.25, 0.3) is 0 Å². The fourth-order valence-electron chi connectivity index (χ4n) is 2.42. The van der Waals surface area contributed by atoms with Gasteiger partial charge in [-0.25, -0.2) is 0 Å². The molecule has 1 amide bonds. The molecule has 1 N–H and O–H groups in total. The molecular weight excluding hydrogens is 286 g/mol. The van der Waals surface area contributed by atoms with Gasteiger partial charge in [0, 0.05) is 16.2 Å². The van der Waals surface area contributed by atoms with Crippen molar-refractivity contribution >= 4 is 27.3 Å². The van der Waals surface area contributed by atoms with Crippen molar-refractivity contribution in [1.82, 2.24) is 5.32 Å². The fourth-order valence-corrected chi connectivity index (χ4v) is 3.42. The molecule has 1 fully saturated rings. The van der Waals surface area contributed by atoms with Crippen LogP contribution in [0.5, 0.6) is 0 Å². The molecule has 0 aliphatic carbocycles. The Morgan fingerprint density at radius 2 is 2.33 bits per heavy atom. The number of hydrogen-bond donors (Lipinski definition) is 1. The van der Waals surface area contributed by atoms with E-state index in [0.717, 1.165) is 24.3 Å². The van der Waals surface area contributed by atoms with E-state index in [0.29, 0.717) is 13.2 Å². The van der Waals surface area contributed by atoms with E-state index in [2.05, 4.69) is 23.5 Å². The van der Waals surface area contributed by atoms with Crippen LogP contribution in [0.1, 0.15) is 17.7 Å². The molecule has 2 heterocycles. The Morgan fingerprint density at radius 3 is 3.14 bits per heavy atom. The zero-order valence-electron chi connectivity index (χ0n) is 11.8. The predicted molar refractivity (Wildman–Crippen MR) is 83.5 cm³/mol. The van der Waals surface area contributed by atoms with E-state index in [1.165, 1.54) is 10.1 Å². The second-order valence-corrected chi connectivity index (χ2v) is 6.35. The molecule has 0 bridgehead atoms. The summed E-state index contributed by atoms with van der Waals surface area (Å²) < 4.78 is 12.1. The summed E-state index contributed by atoms with van der Waals surface area (Å²) in [7, 11) is 0. The number of rotatable bonds is 6. The Bertz CT molecular complexity index is 571. The molecule has 21 heavy (non-hydrogen) atoms. The first-order valence-electron chi connectivity index (χ1n) is 7.25. The first-order valence-corrected chi connectivity index (χ1v) is 8.06. The maximum absolute atomic E-state index is 11.7. The van der Waals surface area contributed by atoms with Gasteiger partial charge in [-0.05, 0) is 30.4 Å². The van der Waals surface area contributed by atoms with Crippen molar-refractivity contribution in [3.05, 3.63) is 35.2 Å². The summed E-state index contributed by atoms with van der Waals surface area (Å²) in [4.78, 5) is 12.9. The Kier molecular flexibility index (Phi) is 4.85. The van der Waals surface area contributed by atoms with Crippen molar-refractivity contribution in [3.8, 4) is 0 Å². The highest BCUT2D eigenvalue weighted by Gasteiger charge is 2.15. The van der Waals surface area contributed by atoms with E-state index in [1.54, 1.807) is 11.3 Å². The Balaban J connectivity index is 1.40. The van der Waals surface area contributed by atoms with E-state index < -0.39 is 0 Å². The van der Waals surface area contributed by atoms with E-state index in [1.807, 2.05) is 12.1 Å². The van der Waals surface area contributed by atoms with Gasteiger partial charge < -0.3 is 14.8 Å². The summed E-state index contributed by atoms with van der Waals surface area (Å²) >= 11 is 1.71. The van der Waals surface area contributed by atoms with E-state index in [9.17, 15) is 4.79 Å². The summed E-state index contributed by atoms with van der Waals surface area (Å²) in [5.41, 5.74) is 0. The molecule has 1 aliphatic heterocycles. The van der Waals surface area contributed by atoms with Gasteiger partial charge >= 0.3 is 0 Å². The number of hydrogen-bond acceptors (Lipinski definition) is 4. The normalized spacial score (nSPS) is 18.2. The standard InChI is InChI=1S/C16H19NO3S/c18-16(11-19-10-13-5-3-7-20-13)17-9-14-8-12-4-1-2-6-15(12)21-14/h1-2,4,6,8,13H,3,5,7,9-11H2,(H,17,18)/t13-/m1/s1. The third-order valence-electron chi connectivity index (χ3n) is 3.50. The van der Waals surface area contributed by atoms with Crippen LogP contribution >= 0.6 is 11.3 Å². The van der Waals surface area contributed by atoms with Crippen LogP contribution in [0.15, 0.2) is 30.3 Å². The van der Waals surface area contributed by atoms with Crippen molar-refractivity contribution in [2.45, 2.75) is 25.5 Å². The highest BCUT2D eigenvalue weighted by atomic mass is 32.1. The number of carbonyl (C=O) groups excluding carboxylic acids is 1. The van der Waals surface area contributed by atoms with Crippen LogP contribution in [0, 0.1) is 0 Å². The van der Waals surface area contributed by atoms with Crippen LogP contribution in [0.2, 0.25) is 0 Å².